The molecule has 0 saturated carbocycles. The zero-order valence-corrected chi connectivity index (χ0v) is 25.8. The van der Waals surface area contributed by atoms with Crippen LogP contribution in [0.3, 0.4) is 0 Å². The number of amides is 1. The molecule has 42 heavy (non-hydrogen) atoms. The summed E-state index contributed by atoms with van der Waals surface area (Å²) in [6.45, 7) is 4.54. The van der Waals surface area contributed by atoms with Crippen LogP contribution in [-0.4, -0.2) is 47.5 Å². The summed E-state index contributed by atoms with van der Waals surface area (Å²) in [5, 5.41) is 3.57. The van der Waals surface area contributed by atoms with Crippen molar-refractivity contribution in [3.05, 3.63) is 75.2 Å². The molecule has 9 nitrogen and oxygen atoms in total. The van der Waals surface area contributed by atoms with Gasteiger partial charge in [-0.15, -0.1) is 0 Å². The lowest BCUT2D eigenvalue weighted by Crippen LogP contribution is -2.38. The van der Waals surface area contributed by atoms with Crippen molar-refractivity contribution in [1.29, 1.82) is 0 Å². The Labute approximate surface area is 257 Å². The number of rotatable bonds is 13. The number of benzene rings is 2. The Balaban J connectivity index is 1.68. The maximum absolute atomic E-state index is 14.0. The predicted molar refractivity (Wildman–Crippen MR) is 158 cm³/mol. The molecule has 1 saturated heterocycles. The van der Waals surface area contributed by atoms with Crippen molar-refractivity contribution in [2.24, 2.45) is 5.92 Å². The van der Waals surface area contributed by atoms with Crippen LogP contribution in [0.4, 0.5) is 4.39 Å². The van der Waals surface area contributed by atoms with E-state index in [1.165, 1.54) is 25.1 Å². The molecule has 1 aromatic heterocycles. The van der Waals surface area contributed by atoms with Crippen LogP contribution in [0.5, 0.6) is 11.8 Å². The van der Waals surface area contributed by atoms with Crippen molar-refractivity contribution < 1.29 is 32.9 Å². The topological polar surface area (TPSA) is 101 Å². The van der Waals surface area contributed by atoms with Gasteiger partial charge in [0.05, 0.1) is 31.5 Å². The maximum atomic E-state index is 14.0. The minimum Gasteiger partial charge on any atom is -0.465 e. The Morgan fingerprint density at radius 2 is 2.02 bits per heavy atom. The number of nitrogens with zero attached hydrogens (tertiary/aromatic N) is 2. The molecule has 0 radical (unpaired) electrons. The van der Waals surface area contributed by atoms with Crippen molar-refractivity contribution in [3.63, 3.8) is 0 Å². The standard InChI is InChI=1S/C30H34BrClFN3O6/c1-3-39-29(38)19(2)28(37)34-24(14-16-41-25-9-4-5-15-40-25)26-27(31)35-30(42-23-8-6-7-22(33)17-23)36(26)18-20-10-12-21(32)13-11-20/h6-8,10-13,17,19,24-25H,3-5,9,14-16,18H2,1-2H3,(H,34,37). The van der Waals surface area contributed by atoms with E-state index in [1.807, 2.05) is 12.1 Å². The van der Waals surface area contributed by atoms with Gasteiger partial charge in [0.15, 0.2) is 6.29 Å². The molecule has 4 rings (SSSR count). The van der Waals surface area contributed by atoms with E-state index in [2.05, 4.69) is 26.2 Å². The van der Waals surface area contributed by atoms with Gasteiger partial charge in [-0.3, -0.25) is 14.2 Å². The van der Waals surface area contributed by atoms with Gasteiger partial charge in [-0.25, -0.2) is 4.39 Å². The van der Waals surface area contributed by atoms with Gasteiger partial charge in [0, 0.05) is 17.7 Å². The zero-order valence-electron chi connectivity index (χ0n) is 23.5. The quantitative estimate of drug-likeness (QED) is 0.163. The molecule has 0 spiro atoms. The molecule has 3 unspecified atom stereocenters. The SMILES string of the molecule is CCOC(=O)C(C)C(=O)NC(CCOC1CCCCO1)c1c(Br)nc(Oc2cccc(F)c2)n1Cc1ccc(Cl)cc1. The number of hydrogen-bond acceptors (Lipinski definition) is 7. The van der Waals surface area contributed by atoms with Crippen molar-refractivity contribution in [3.8, 4) is 11.8 Å². The lowest BCUT2D eigenvalue weighted by atomic mass is 10.1. The van der Waals surface area contributed by atoms with Gasteiger partial charge >= 0.3 is 12.0 Å². The maximum Gasteiger partial charge on any atom is 0.318 e. The summed E-state index contributed by atoms with van der Waals surface area (Å²) in [4.78, 5) is 30.2. The molecular formula is C30H34BrClFN3O6. The summed E-state index contributed by atoms with van der Waals surface area (Å²) in [5.41, 5.74) is 1.46. The third-order valence-corrected chi connectivity index (χ3v) is 7.55. The molecule has 0 bridgehead atoms. The van der Waals surface area contributed by atoms with E-state index >= 15 is 0 Å². The summed E-state index contributed by atoms with van der Waals surface area (Å²) in [7, 11) is 0. The van der Waals surface area contributed by atoms with Crippen LogP contribution in [0.15, 0.2) is 53.1 Å². The lowest BCUT2D eigenvalue weighted by Gasteiger charge is -2.26. The summed E-state index contributed by atoms with van der Waals surface area (Å²) >= 11 is 9.67. The fourth-order valence-electron chi connectivity index (χ4n) is 4.50. The van der Waals surface area contributed by atoms with E-state index in [4.69, 9.17) is 30.5 Å². The van der Waals surface area contributed by atoms with E-state index in [1.54, 1.807) is 29.7 Å². The number of hydrogen-bond donors (Lipinski definition) is 1. The molecule has 1 aliphatic rings. The second-order valence-corrected chi connectivity index (χ2v) is 11.0. The normalized spacial score (nSPS) is 16.5. The number of esters is 1. The zero-order chi connectivity index (χ0) is 30.1. The first-order chi connectivity index (χ1) is 20.2. The Morgan fingerprint density at radius 3 is 2.71 bits per heavy atom. The van der Waals surface area contributed by atoms with Crippen molar-refractivity contribution >= 4 is 39.4 Å². The van der Waals surface area contributed by atoms with Crippen LogP contribution in [0, 0.1) is 11.7 Å². The van der Waals surface area contributed by atoms with E-state index in [-0.39, 0.29) is 31.3 Å². The van der Waals surface area contributed by atoms with Crippen LogP contribution in [0.1, 0.15) is 56.8 Å². The van der Waals surface area contributed by atoms with Gasteiger partial charge in [-0.05, 0) is 85.3 Å². The van der Waals surface area contributed by atoms with Gasteiger partial charge in [-0.2, -0.15) is 4.98 Å². The van der Waals surface area contributed by atoms with E-state index in [0.717, 1.165) is 24.8 Å². The highest BCUT2D eigenvalue weighted by Crippen LogP contribution is 2.34. The van der Waals surface area contributed by atoms with Crippen molar-refractivity contribution in [1.82, 2.24) is 14.9 Å². The molecule has 3 aromatic rings. The Hall–Kier alpha value is -2.99. The average Bonchev–Trinajstić information content (AvgIpc) is 3.27. The van der Waals surface area contributed by atoms with Gasteiger partial charge in [-0.1, -0.05) is 29.8 Å². The predicted octanol–water partition coefficient (Wildman–Crippen LogP) is 6.57. The first-order valence-electron chi connectivity index (χ1n) is 13.9. The van der Waals surface area contributed by atoms with Crippen LogP contribution in [0.25, 0.3) is 0 Å². The average molecular weight is 667 g/mol. The molecule has 1 aliphatic heterocycles. The highest BCUT2D eigenvalue weighted by atomic mass is 79.9. The molecule has 226 valence electrons. The van der Waals surface area contributed by atoms with Crippen LogP contribution in [0.2, 0.25) is 5.02 Å². The number of ether oxygens (including phenoxy) is 4. The monoisotopic (exact) mass is 665 g/mol. The van der Waals surface area contributed by atoms with Crippen LogP contribution < -0.4 is 10.1 Å². The van der Waals surface area contributed by atoms with Gasteiger partial charge < -0.3 is 24.3 Å². The summed E-state index contributed by atoms with van der Waals surface area (Å²) in [6, 6.07) is 12.5. The smallest absolute Gasteiger partial charge is 0.318 e. The number of imidazole rings is 1. The minimum absolute atomic E-state index is 0.162. The molecule has 2 aromatic carbocycles. The largest absolute Gasteiger partial charge is 0.465 e. The summed E-state index contributed by atoms with van der Waals surface area (Å²) < 4.78 is 38.9. The van der Waals surface area contributed by atoms with Crippen molar-refractivity contribution in [2.75, 3.05) is 19.8 Å². The lowest BCUT2D eigenvalue weighted by molar-refractivity contribution is -0.163. The Bertz CT molecular complexity index is 1350. The number of carbonyl (C=O) groups excluding carboxylic acids is 2. The Kier molecular flexibility index (Phi) is 11.8. The first-order valence-corrected chi connectivity index (χ1v) is 15.1. The van der Waals surface area contributed by atoms with E-state index in [0.29, 0.717) is 34.9 Å². The number of nitrogens with one attached hydrogen (secondary N) is 1. The van der Waals surface area contributed by atoms with E-state index in [9.17, 15) is 14.0 Å². The summed E-state index contributed by atoms with van der Waals surface area (Å²) in [5.74, 6) is -2.37. The van der Waals surface area contributed by atoms with Crippen LogP contribution in [-0.2, 0) is 30.3 Å². The van der Waals surface area contributed by atoms with Gasteiger partial charge in [0.1, 0.15) is 22.1 Å². The van der Waals surface area contributed by atoms with E-state index < -0.39 is 29.7 Å². The molecule has 1 N–H and O–H groups in total. The molecule has 0 aliphatic carbocycles. The molecule has 12 heteroatoms. The van der Waals surface area contributed by atoms with Crippen LogP contribution >= 0.6 is 27.5 Å². The highest BCUT2D eigenvalue weighted by molar-refractivity contribution is 9.10. The first kappa shape index (κ1) is 31.9. The third kappa shape index (κ3) is 8.76. The fourth-order valence-corrected chi connectivity index (χ4v) is 5.26. The van der Waals surface area contributed by atoms with Gasteiger partial charge in [0.25, 0.3) is 0 Å². The number of halogens is 3. The second kappa shape index (κ2) is 15.5. The third-order valence-electron chi connectivity index (χ3n) is 6.71. The molecule has 1 amide bonds. The number of carbonyl (C=O) groups is 2. The number of aromatic nitrogens is 2. The highest BCUT2D eigenvalue weighted by Gasteiger charge is 2.31. The van der Waals surface area contributed by atoms with Gasteiger partial charge in [0.2, 0.25) is 5.91 Å². The minimum atomic E-state index is -1.04. The Morgan fingerprint density at radius 1 is 1.24 bits per heavy atom. The fraction of sp³-hybridized carbons (Fsp3) is 0.433. The summed E-state index contributed by atoms with van der Waals surface area (Å²) in [6.07, 6.45) is 2.83. The second-order valence-electron chi connectivity index (χ2n) is 9.83. The van der Waals surface area contributed by atoms with Crippen molar-refractivity contribution in [2.45, 2.75) is 58.4 Å². The molecule has 1 fully saturated rings. The molecular weight excluding hydrogens is 633 g/mol. The molecule has 2 heterocycles. The molecule has 3 atom stereocenters.